The van der Waals surface area contributed by atoms with Crippen LogP contribution in [0.4, 0.5) is 11.4 Å². The number of hydrogen-bond donors (Lipinski definition) is 1. The average molecular weight is 538 g/mol. The van der Waals surface area contributed by atoms with Gasteiger partial charge < -0.3 is 10.1 Å². The number of rotatable bonds is 6. The first-order chi connectivity index (χ1) is 18.9. The predicted octanol–water partition coefficient (Wildman–Crippen LogP) is 3.43. The predicted molar refractivity (Wildman–Crippen MR) is 150 cm³/mol. The number of anilines is 2. The van der Waals surface area contributed by atoms with Crippen LogP contribution in [0.25, 0.3) is 21.9 Å². The van der Waals surface area contributed by atoms with E-state index in [9.17, 15) is 14.4 Å². The van der Waals surface area contributed by atoms with Gasteiger partial charge in [-0.15, -0.1) is 5.10 Å². The van der Waals surface area contributed by atoms with E-state index in [1.807, 2.05) is 56.3 Å². The van der Waals surface area contributed by atoms with E-state index in [0.717, 1.165) is 28.2 Å². The Balaban J connectivity index is 1.35. The molecule has 1 aliphatic rings. The highest BCUT2D eigenvalue weighted by Crippen LogP contribution is 2.35. The molecular weight excluding hydrogens is 514 g/mol. The zero-order chi connectivity index (χ0) is 27.1. The minimum absolute atomic E-state index is 0.190. The first kappa shape index (κ1) is 24.5. The van der Waals surface area contributed by atoms with Crippen LogP contribution in [0.2, 0.25) is 0 Å². The monoisotopic (exact) mass is 537 g/mol. The lowest BCUT2D eigenvalue weighted by Gasteiger charge is -2.16. The van der Waals surface area contributed by atoms with Crippen molar-refractivity contribution in [3.8, 4) is 17.1 Å². The van der Waals surface area contributed by atoms with E-state index in [0.29, 0.717) is 34.3 Å². The van der Waals surface area contributed by atoms with Gasteiger partial charge in [-0.25, -0.2) is 0 Å². The Hall–Kier alpha value is -4.83. The summed E-state index contributed by atoms with van der Waals surface area (Å²) >= 11 is 1.11. The summed E-state index contributed by atoms with van der Waals surface area (Å²) in [6, 6.07) is 21.9. The summed E-state index contributed by atoms with van der Waals surface area (Å²) in [5.41, 5.74) is 3.40. The third-order valence-electron chi connectivity index (χ3n) is 6.33. The van der Waals surface area contributed by atoms with Crippen molar-refractivity contribution in [1.82, 2.24) is 14.6 Å². The summed E-state index contributed by atoms with van der Waals surface area (Å²) in [5.74, 6) is 0.394. The second-order valence-corrected chi connectivity index (χ2v) is 10.0. The lowest BCUT2D eigenvalue weighted by Crippen LogP contribution is -2.37. The minimum Gasteiger partial charge on any atom is -0.494 e. The first-order valence-corrected chi connectivity index (χ1v) is 13.2. The molecular formula is C29H23N5O4S. The minimum atomic E-state index is -0.427. The van der Waals surface area contributed by atoms with Crippen LogP contribution in [-0.4, -0.2) is 39.6 Å². The molecule has 0 aliphatic carbocycles. The van der Waals surface area contributed by atoms with Crippen LogP contribution >= 0.6 is 11.3 Å². The van der Waals surface area contributed by atoms with Gasteiger partial charge in [-0.2, -0.15) is 9.50 Å². The molecule has 2 amide bonds. The normalized spacial score (nSPS) is 14.1. The fourth-order valence-electron chi connectivity index (χ4n) is 4.60. The molecule has 2 aromatic heterocycles. The van der Waals surface area contributed by atoms with Gasteiger partial charge in [0.15, 0.2) is 5.82 Å². The van der Waals surface area contributed by atoms with Crippen molar-refractivity contribution in [3.05, 3.63) is 98.8 Å². The van der Waals surface area contributed by atoms with Crippen LogP contribution in [-0.2, 0) is 9.59 Å². The Bertz CT molecular complexity index is 1860. The summed E-state index contributed by atoms with van der Waals surface area (Å²) in [6.45, 7) is 4.22. The molecule has 0 radical (unpaired) electrons. The Kier molecular flexibility index (Phi) is 6.16. The van der Waals surface area contributed by atoms with Crippen LogP contribution in [0.15, 0.2) is 77.6 Å². The molecule has 0 fully saturated rings. The van der Waals surface area contributed by atoms with Gasteiger partial charge in [0.1, 0.15) is 16.8 Å². The smallest absolute Gasteiger partial charge is 0.291 e. The largest absolute Gasteiger partial charge is 0.494 e. The number of aryl methyl sites for hydroxylation is 1. The fourth-order valence-corrected chi connectivity index (χ4v) is 5.60. The van der Waals surface area contributed by atoms with E-state index in [-0.39, 0.29) is 22.6 Å². The third-order valence-corrected chi connectivity index (χ3v) is 7.36. The maximum absolute atomic E-state index is 13.6. The number of nitrogens with zero attached hydrogens (tertiary/aromatic N) is 4. The van der Waals surface area contributed by atoms with Gasteiger partial charge in [0.05, 0.1) is 17.9 Å². The molecule has 0 atom stereocenters. The summed E-state index contributed by atoms with van der Waals surface area (Å²) in [5, 5.41) is 7.26. The zero-order valence-corrected chi connectivity index (χ0v) is 22.0. The molecule has 0 unspecified atom stereocenters. The second-order valence-electron chi connectivity index (χ2n) is 9.02. The summed E-state index contributed by atoms with van der Waals surface area (Å²) in [6.07, 6.45) is 0. The fraction of sp³-hybridized carbons (Fsp3) is 0.138. The number of benzene rings is 3. The van der Waals surface area contributed by atoms with Gasteiger partial charge in [0.2, 0.25) is 10.9 Å². The number of aromatic nitrogens is 3. The van der Waals surface area contributed by atoms with Crippen LogP contribution in [0.3, 0.4) is 0 Å². The number of hydrogen-bond acceptors (Lipinski definition) is 7. The summed E-state index contributed by atoms with van der Waals surface area (Å²) in [4.78, 5) is 46.3. The third kappa shape index (κ3) is 4.44. The molecule has 10 heteroatoms. The van der Waals surface area contributed by atoms with Gasteiger partial charge in [0.25, 0.3) is 11.5 Å². The van der Waals surface area contributed by atoms with Crippen molar-refractivity contribution in [2.75, 3.05) is 23.4 Å². The van der Waals surface area contributed by atoms with Crippen molar-refractivity contribution < 1.29 is 14.3 Å². The van der Waals surface area contributed by atoms with E-state index in [2.05, 4.69) is 15.4 Å². The molecule has 194 valence electrons. The van der Waals surface area contributed by atoms with Crippen molar-refractivity contribution in [2.24, 2.45) is 0 Å². The lowest BCUT2D eigenvalue weighted by molar-refractivity contribution is -0.118. The molecule has 9 nitrogen and oxygen atoms in total. The van der Waals surface area contributed by atoms with E-state index < -0.39 is 11.5 Å². The highest BCUT2D eigenvalue weighted by Gasteiger charge is 2.35. The highest BCUT2D eigenvalue weighted by molar-refractivity contribution is 7.15. The number of carbonyl (C=O) groups is 2. The van der Waals surface area contributed by atoms with E-state index >= 15 is 0 Å². The zero-order valence-electron chi connectivity index (χ0n) is 21.2. The maximum atomic E-state index is 13.6. The highest BCUT2D eigenvalue weighted by atomic mass is 32.1. The molecule has 0 spiro atoms. The molecule has 39 heavy (non-hydrogen) atoms. The van der Waals surface area contributed by atoms with Gasteiger partial charge in [-0.1, -0.05) is 41.7 Å². The first-order valence-electron chi connectivity index (χ1n) is 12.4. The number of para-hydroxylation sites is 1. The Morgan fingerprint density at radius 1 is 1.03 bits per heavy atom. The molecule has 6 rings (SSSR count). The van der Waals surface area contributed by atoms with E-state index in [1.54, 1.807) is 30.3 Å². The number of carbonyl (C=O) groups excluding carboxylic acids is 2. The van der Waals surface area contributed by atoms with Crippen molar-refractivity contribution in [3.63, 3.8) is 0 Å². The van der Waals surface area contributed by atoms with Crippen LogP contribution < -0.4 is 25.0 Å². The molecule has 5 aromatic rings. The Morgan fingerprint density at radius 3 is 2.56 bits per heavy atom. The maximum Gasteiger partial charge on any atom is 0.291 e. The number of thiazole rings is 1. The molecule has 3 aromatic carbocycles. The van der Waals surface area contributed by atoms with Gasteiger partial charge >= 0.3 is 0 Å². The molecule has 1 N–H and O–H groups in total. The Morgan fingerprint density at radius 2 is 1.82 bits per heavy atom. The number of fused-ring (bicyclic) bond motifs is 2. The SMILES string of the molecule is CCOc1ccc(-c2nc3s/c(=C4\C(=O)N(CC(=O)Nc5cccc(C)c5)c5ccccc54)c(=O)n3n2)cc1. The summed E-state index contributed by atoms with van der Waals surface area (Å²) < 4.78 is 6.94. The van der Waals surface area contributed by atoms with E-state index in [1.165, 1.54) is 9.42 Å². The Labute approximate surface area is 227 Å². The topological polar surface area (TPSA) is 106 Å². The van der Waals surface area contributed by atoms with Crippen molar-refractivity contribution in [1.29, 1.82) is 0 Å². The van der Waals surface area contributed by atoms with Crippen LogP contribution in [0.5, 0.6) is 5.75 Å². The number of ether oxygens (including phenoxy) is 1. The van der Waals surface area contributed by atoms with Gasteiger partial charge in [-0.3, -0.25) is 19.3 Å². The van der Waals surface area contributed by atoms with Gasteiger partial charge in [-0.05, 0) is 61.9 Å². The van der Waals surface area contributed by atoms with Crippen LogP contribution in [0.1, 0.15) is 18.1 Å². The second kappa shape index (κ2) is 9.80. The van der Waals surface area contributed by atoms with Gasteiger partial charge in [0, 0.05) is 16.8 Å². The standard InChI is InChI=1S/C29H23N5O4S/c1-3-38-20-13-11-18(12-14-20)26-31-29-34(32-26)28(37)25(39-29)24-21-9-4-5-10-22(21)33(27(24)36)16-23(35)30-19-8-6-7-17(2)15-19/h4-15H,3,16H2,1-2H3,(H,30,35)/b25-24-. The van der Waals surface area contributed by atoms with Crippen LogP contribution in [0, 0.1) is 6.92 Å². The lowest BCUT2D eigenvalue weighted by atomic mass is 10.1. The number of amides is 2. The van der Waals surface area contributed by atoms with Crippen molar-refractivity contribution in [2.45, 2.75) is 13.8 Å². The quantitative estimate of drug-likeness (QED) is 0.356. The average Bonchev–Trinajstić information content (AvgIpc) is 3.56. The van der Waals surface area contributed by atoms with E-state index in [4.69, 9.17) is 4.74 Å². The molecule has 0 bridgehead atoms. The molecule has 0 saturated heterocycles. The summed E-state index contributed by atoms with van der Waals surface area (Å²) in [7, 11) is 0. The molecule has 3 heterocycles. The number of nitrogens with one attached hydrogen (secondary N) is 1. The molecule has 0 saturated carbocycles. The molecule has 1 aliphatic heterocycles. The van der Waals surface area contributed by atoms with Crippen molar-refractivity contribution >= 4 is 45.1 Å².